The van der Waals surface area contributed by atoms with Crippen LogP contribution in [-0.4, -0.2) is 23.8 Å². The van der Waals surface area contributed by atoms with E-state index in [2.05, 4.69) is 42.4 Å². The van der Waals surface area contributed by atoms with Gasteiger partial charge in [0.15, 0.2) is 6.61 Å². The molecule has 0 saturated carbocycles. The Bertz CT molecular complexity index is 753. The number of phenols is 1. The highest BCUT2D eigenvalue weighted by Crippen LogP contribution is 2.27. The highest BCUT2D eigenvalue weighted by molar-refractivity contribution is 9.10. The van der Waals surface area contributed by atoms with Crippen LogP contribution in [0.25, 0.3) is 0 Å². The van der Waals surface area contributed by atoms with E-state index in [-0.39, 0.29) is 12.4 Å². The number of benzene rings is 2. The zero-order valence-corrected chi connectivity index (χ0v) is 15.5. The van der Waals surface area contributed by atoms with Crippen LogP contribution in [0.3, 0.4) is 0 Å². The molecule has 120 valence electrons. The molecule has 0 fully saturated rings. The molecular formula is C15H11Br2ClN2O3. The largest absolute Gasteiger partial charge is 0.507 e. The summed E-state index contributed by atoms with van der Waals surface area (Å²) in [6, 6.07) is 9.87. The SMILES string of the molecule is O=C(COc1ccc(Cl)cc1Br)NN=Cc1ccc(O)c(Br)c1. The lowest BCUT2D eigenvalue weighted by atomic mass is 10.2. The Hall–Kier alpha value is -1.57. The van der Waals surface area contributed by atoms with Crippen molar-refractivity contribution in [1.82, 2.24) is 5.43 Å². The maximum Gasteiger partial charge on any atom is 0.277 e. The maximum atomic E-state index is 11.7. The molecule has 0 heterocycles. The lowest BCUT2D eigenvalue weighted by Crippen LogP contribution is -2.24. The van der Waals surface area contributed by atoms with Crippen molar-refractivity contribution < 1.29 is 14.6 Å². The molecule has 0 saturated heterocycles. The van der Waals surface area contributed by atoms with Crippen LogP contribution >= 0.6 is 43.5 Å². The van der Waals surface area contributed by atoms with Crippen molar-refractivity contribution in [2.24, 2.45) is 5.10 Å². The number of hydrogen-bond acceptors (Lipinski definition) is 4. The molecule has 0 bridgehead atoms. The van der Waals surface area contributed by atoms with Gasteiger partial charge in [0.2, 0.25) is 0 Å². The second kappa shape index (κ2) is 8.33. The van der Waals surface area contributed by atoms with Gasteiger partial charge in [-0.25, -0.2) is 5.43 Å². The number of rotatable bonds is 5. The van der Waals surface area contributed by atoms with Crippen molar-refractivity contribution in [2.75, 3.05) is 6.61 Å². The molecule has 0 atom stereocenters. The third kappa shape index (κ3) is 5.53. The maximum absolute atomic E-state index is 11.7. The van der Waals surface area contributed by atoms with E-state index in [0.29, 0.717) is 19.7 Å². The summed E-state index contributed by atoms with van der Waals surface area (Å²) in [4.78, 5) is 11.7. The average molecular weight is 463 g/mol. The van der Waals surface area contributed by atoms with E-state index in [4.69, 9.17) is 16.3 Å². The van der Waals surface area contributed by atoms with E-state index < -0.39 is 5.91 Å². The highest BCUT2D eigenvalue weighted by Gasteiger charge is 2.05. The third-order valence-corrected chi connectivity index (χ3v) is 4.12. The monoisotopic (exact) mass is 460 g/mol. The van der Waals surface area contributed by atoms with Crippen molar-refractivity contribution in [1.29, 1.82) is 0 Å². The molecule has 0 aliphatic heterocycles. The summed E-state index contributed by atoms with van der Waals surface area (Å²) in [5, 5.41) is 13.8. The normalized spacial score (nSPS) is 10.7. The molecule has 23 heavy (non-hydrogen) atoms. The first-order valence-electron chi connectivity index (χ1n) is 6.34. The number of carbonyl (C=O) groups is 1. The molecule has 2 rings (SSSR count). The lowest BCUT2D eigenvalue weighted by molar-refractivity contribution is -0.123. The summed E-state index contributed by atoms with van der Waals surface area (Å²) in [6.45, 7) is -0.184. The molecule has 1 amide bonds. The van der Waals surface area contributed by atoms with Crippen molar-refractivity contribution in [2.45, 2.75) is 0 Å². The zero-order chi connectivity index (χ0) is 16.8. The van der Waals surface area contributed by atoms with Gasteiger partial charge >= 0.3 is 0 Å². The van der Waals surface area contributed by atoms with E-state index in [1.54, 1.807) is 30.3 Å². The van der Waals surface area contributed by atoms with Crippen LogP contribution in [0.5, 0.6) is 11.5 Å². The van der Waals surface area contributed by atoms with Crippen LogP contribution in [0, 0.1) is 0 Å². The number of aromatic hydroxyl groups is 1. The third-order valence-electron chi connectivity index (χ3n) is 2.63. The number of ether oxygens (including phenoxy) is 1. The Kier molecular flexibility index (Phi) is 6.44. The Morgan fingerprint density at radius 2 is 2.04 bits per heavy atom. The number of halogens is 3. The number of nitrogens with zero attached hydrogens (tertiary/aromatic N) is 1. The number of nitrogens with one attached hydrogen (secondary N) is 1. The van der Waals surface area contributed by atoms with E-state index in [1.165, 1.54) is 12.3 Å². The Balaban J connectivity index is 1.85. The molecule has 0 spiro atoms. The first-order chi connectivity index (χ1) is 11.0. The van der Waals surface area contributed by atoms with Gasteiger partial charge in [0.05, 0.1) is 15.2 Å². The van der Waals surface area contributed by atoms with Crippen LogP contribution < -0.4 is 10.2 Å². The first kappa shape index (κ1) is 17.8. The van der Waals surface area contributed by atoms with Crippen LogP contribution in [0.4, 0.5) is 0 Å². The summed E-state index contributed by atoms with van der Waals surface area (Å²) >= 11 is 12.3. The Labute approximate surface area is 154 Å². The lowest BCUT2D eigenvalue weighted by Gasteiger charge is -2.07. The first-order valence-corrected chi connectivity index (χ1v) is 8.30. The number of phenolic OH excluding ortho intramolecular Hbond substituents is 1. The summed E-state index contributed by atoms with van der Waals surface area (Å²) in [7, 11) is 0. The van der Waals surface area contributed by atoms with E-state index in [9.17, 15) is 9.90 Å². The van der Waals surface area contributed by atoms with Crippen molar-refractivity contribution in [3.05, 3.63) is 55.9 Å². The van der Waals surface area contributed by atoms with E-state index >= 15 is 0 Å². The van der Waals surface area contributed by atoms with Crippen LogP contribution in [0.1, 0.15) is 5.56 Å². The number of carbonyl (C=O) groups excluding carboxylic acids is 1. The minimum atomic E-state index is -0.402. The van der Waals surface area contributed by atoms with Crippen LogP contribution in [-0.2, 0) is 4.79 Å². The number of hydrazone groups is 1. The summed E-state index contributed by atoms with van der Waals surface area (Å²) in [5.41, 5.74) is 3.07. The minimum absolute atomic E-state index is 0.133. The second-order valence-electron chi connectivity index (χ2n) is 4.37. The summed E-state index contributed by atoms with van der Waals surface area (Å²) in [5.74, 6) is 0.241. The molecule has 2 aromatic rings. The molecular weight excluding hydrogens is 451 g/mol. The Morgan fingerprint density at radius 3 is 2.74 bits per heavy atom. The summed E-state index contributed by atoms with van der Waals surface area (Å²) in [6.07, 6.45) is 1.46. The fraction of sp³-hybridized carbons (Fsp3) is 0.0667. The van der Waals surface area contributed by atoms with Gasteiger partial charge in [-0.2, -0.15) is 5.10 Å². The van der Waals surface area contributed by atoms with E-state index in [1.807, 2.05) is 0 Å². The van der Waals surface area contributed by atoms with E-state index in [0.717, 1.165) is 5.56 Å². The second-order valence-corrected chi connectivity index (χ2v) is 6.51. The molecule has 0 unspecified atom stereocenters. The fourth-order valence-corrected chi connectivity index (χ4v) is 2.74. The highest BCUT2D eigenvalue weighted by atomic mass is 79.9. The van der Waals surface area contributed by atoms with Gasteiger partial charge in [-0.05, 0) is 73.8 Å². The van der Waals surface area contributed by atoms with Gasteiger partial charge in [0, 0.05) is 5.02 Å². The molecule has 2 N–H and O–H groups in total. The minimum Gasteiger partial charge on any atom is -0.507 e. The van der Waals surface area contributed by atoms with Crippen molar-refractivity contribution in [3.63, 3.8) is 0 Å². The fourth-order valence-electron chi connectivity index (χ4n) is 1.55. The van der Waals surface area contributed by atoms with Crippen molar-refractivity contribution in [3.8, 4) is 11.5 Å². The molecule has 8 heteroatoms. The van der Waals surface area contributed by atoms with Gasteiger partial charge in [-0.3, -0.25) is 4.79 Å². The predicted octanol–water partition coefficient (Wildman–Crippen LogP) is 4.10. The molecule has 0 aromatic heterocycles. The van der Waals surface area contributed by atoms with Crippen LogP contribution in [0.15, 0.2) is 50.4 Å². The van der Waals surface area contributed by atoms with Crippen LogP contribution in [0.2, 0.25) is 5.02 Å². The standard InChI is InChI=1S/C15H11Br2ClN2O3/c16-11-5-9(1-3-13(11)21)7-19-20-15(22)8-23-14-4-2-10(18)6-12(14)17/h1-7,21H,8H2,(H,20,22). The molecule has 0 aliphatic carbocycles. The topological polar surface area (TPSA) is 70.9 Å². The molecule has 0 aliphatic rings. The van der Waals surface area contributed by atoms with Gasteiger partial charge < -0.3 is 9.84 Å². The van der Waals surface area contributed by atoms with Gasteiger partial charge in [0.1, 0.15) is 11.5 Å². The number of amides is 1. The molecule has 2 aromatic carbocycles. The molecule has 5 nitrogen and oxygen atoms in total. The van der Waals surface area contributed by atoms with Crippen molar-refractivity contribution >= 4 is 55.6 Å². The Morgan fingerprint density at radius 1 is 1.26 bits per heavy atom. The molecule has 0 radical (unpaired) electrons. The smallest absolute Gasteiger partial charge is 0.277 e. The average Bonchev–Trinajstić information content (AvgIpc) is 2.50. The summed E-state index contributed by atoms with van der Waals surface area (Å²) < 4.78 is 6.57. The van der Waals surface area contributed by atoms with Gasteiger partial charge in [-0.15, -0.1) is 0 Å². The quantitative estimate of drug-likeness (QED) is 0.519. The van der Waals surface area contributed by atoms with Gasteiger partial charge in [-0.1, -0.05) is 11.6 Å². The van der Waals surface area contributed by atoms with Gasteiger partial charge in [0.25, 0.3) is 5.91 Å². The number of hydrogen-bond donors (Lipinski definition) is 2. The predicted molar refractivity (Wildman–Crippen MR) is 96.2 cm³/mol. The zero-order valence-electron chi connectivity index (χ0n) is 11.6.